The summed E-state index contributed by atoms with van der Waals surface area (Å²) in [6, 6.07) is 10.4. The number of thioether (sulfide) groups is 1. The molecule has 10 heteroatoms. The predicted octanol–water partition coefficient (Wildman–Crippen LogP) is 6.37. The van der Waals surface area contributed by atoms with Gasteiger partial charge in [-0.2, -0.15) is 0 Å². The highest BCUT2D eigenvalue weighted by Gasteiger charge is 2.43. The highest BCUT2D eigenvalue weighted by atomic mass is 32.2. The Bertz CT molecular complexity index is 1620. The Kier molecular flexibility index (Phi) is 11.5. The minimum atomic E-state index is -0.159. The van der Waals surface area contributed by atoms with Crippen molar-refractivity contribution in [3.05, 3.63) is 71.8 Å². The number of carbonyl (C=O) groups excluding carboxylic acids is 1. The quantitative estimate of drug-likeness (QED) is 0.124. The van der Waals surface area contributed by atoms with Crippen LogP contribution in [0.15, 0.2) is 60.0 Å². The maximum absolute atomic E-state index is 12.6. The summed E-state index contributed by atoms with van der Waals surface area (Å²) in [5, 5.41) is 10.2. The van der Waals surface area contributed by atoms with Crippen molar-refractivity contribution in [2.24, 2.45) is 0 Å². The summed E-state index contributed by atoms with van der Waals surface area (Å²) in [5.74, 6) is 7.48. The van der Waals surface area contributed by atoms with Crippen molar-refractivity contribution in [1.82, 2.24) is 29.5 Å². The van der Waals surface area contributed by atoms with Crippen LogP contribution in [-0.2, 0) is 16.1 Å². The van der Waals surface area contributed by atoms with Crippen LogP contribution in [0.5, 0.6) is 5.75 Å². The largest absolute Gasteiger partial charge is 0.486 e. The third kappa shape index (κ3) is 8.49. The normalized spacial score (nSPS) is 19.4. The molecule has 3 heterocycles. The molecule has 2 aliphatic carbocycles. The summed E-state index contributed by atoms with van der Waals surface area (Å²) in [6.45, 7) is 11.3. The molecule has 1 aliphatic heterocycles. The zero-order valence-corrected chi connectivity index (χ0v) is 29.4. The second-order valence-electron chi connectivity index (χ2n) is 13.4. The first-order valence-electron chi connectivity index (χ1n) is 17.5. The van der Waals surface area contributed by atoms with Crippen LogP contribution in [0.2, 0.25) is 0 Å². The topological polar surface area (TPSA) is 85.6 Å². The molecule has 0 radical (unpaired) electrons. The van der Waals surface area contributed by atoms with Gasteiger partial charge in [0.25, 0.3) is 0 Å². The predicted molar refractivity (Wildman–Crippen MR) is 189 cm³/mol. The number of pyridine rings is 1. The van der Waals surface area contributed by atoms with E-state index in [-0.39, 0.29) is 24.7 Å². The number of aromatic nitrogens is 4. The third-order valence-corrected chi connectivity index (χ3v) is 11.1. The number of ether oxygens (including phenoxy) is 2. The lowest BCUT2D eigenvalue weighted by Gasteiger charge is -2.53. The number of hydrogen-bond acceptors (Lipinski definition) is 9. The van der Waals surface area contributed by atoms with Crippen molar-refractivity contribution in [2.75, 3.05) is 32.8 Å². The van der Waals surface area contributed by atoms with Crippen molar-refractivity contribution < 1.29 is 14.3 Å². The lowest BCUT2D eigenvalue weighted by Crippen LogP contribution is -2.61. The van der Waals surface area contributed by atoms with Gasteiger partial charge in [0, 0.05) is 61.2 Å². The number of rotatable bonds is 12. The molecule has 48 heavy (non-hydrogen) atoms. The van der Waals surface area contributed by atoms with Crippen LogP contribution in [0.1, 0.15) is 82.2 Å². The van der Waals surface area contributed by atoms with Crippen molar-refractivity contribution in [2.45, 2.75) is 101 Å². The van der Waals surface area contributed by atoms with Gasteiger partial charge >= 0.3 is 5.97 Å². The molecule has 0 spiro atoms. The van der Waals surface area contributed by atoms with E-state index in [0.717, 1.165) is 73.2 Å². The molecular formula is C38H48N6O3S. The number of allylic oxidation sites excluding steroid dienone is 1. The van der Waals surface area contributed by atoms with Crippen molar-refractivity contribution in [3.8, 4) is 23.3 Å². The molecule has 6 rings (SSSR count). The number of piperazine rings is 1. The average molecular weight is 669 g/mol. The number of nitrogens with zero attached hydrogens (tertiary/aromatic N) is 6. The monoisotopic (exact) mass is 668 g/mol. The van der Waals surface area contributed by atoms with E-state index in [1.54, 1.807) is 18.0 Å². The highest BCUT2D eigenvalue weighted by Crippen LogP contribution is 2.42. The maximum Gasteiger partial charge on any atom is 0.306 e. The molecule has 9 nitrogen and oxygen atoms in total. The summed E-state index contributed by atoms with van der Waals surface area (Å²) in [5.41, 5.74) is 2.96. The lowest BCUT2D eigenvalue weighted by molar-refractivity contribution is -0.143. The first-order chi connectivity index (χ1) is 23.4. The summed E-state index contributed by atoms with van der Waals surface area (Å²) >= 11 is 1.73. The van der Waals surface area contributed by atoms with Gasteiger partial charge in [-0.1, -0.05) is 35.8 Å². The number of aryl methyl sites for hydroxylation is 1. The van der Waals surface area contributed by atoms with Gasteiger partial charge in [0.2, 0.25) is 0 Å². The molecule has 254 valence electrons. The van der Waals surface area contributed by atoms with Crippen LogP contribution in [0.4, 0.5) is 0 Å². The molecule has 1 saturated heterocycles. The van der Waals surface area contributed by atoms with E-state index in [1.807, 2.05) is 48.0 Å². The van der Waals surface area contributed by atoms with Crippen LogP contribution < -0.4 is 4.74 Å². The molecule has 0 amide bonds. The molecule has 1 aromatic carbocycles. The molecule has 0 N–H and O–H groups in total. The van der Waals surface area contributed by atoms with Crippen LogP contribution >= 0.6 is 11.8 Å². The lowest BCUT2D eigenvalue weighted by atomic mass is 9.72. The van der Waals surface area contributed by atoms with Gasteiger partial charge in [-0.15, -0.1) is 10.2 Å². The molecule has 1 atom stereocenters. The first-order valence-corrected chi connectivity index (χ1v) is 18.3. The van der Waals surface area contributed by atoms with Gasteiger partial charge in [-0.25, -0.2) is 0 Å². The van der Waals surface area contributed by atoms with E-state index in [9.17, 15) is 4.79 Å². The molecule has 2 aromatic heterocycles. The van der Waals surface area contributed by atoms with Gasteiger partial charge in [-0.3, -0.25) is 24.1 Å². The van der Waals surface area contributed by atoms with Crippen LogP contribution in [0.3, 0.4) is 0 Å². The number of esters is 1. The van der Waals surface area contributed by atoms with E-state index < -0.39 is 0 Å². The summed E-state index contributed by atoms with van der Waals surface area (Å²) in [4.78, 5) is 22.1. The van der Waals surface area contributed by atoms with E-state index in [0.29, 0.717) is 23.5 Å². The molecule has 3 aliphatic rings. The minimum absolute atomic E-state index is 0.0948. The smallest absolute Gasteiger partial charge is 0.306 e. The van der Waals surface area contributed by atoms with Crippen molar-refractivity contribution in [3.63, 3.8) is 0 Å². The zero-order chi connectivity index (χ0) is 33.3. The summed E-state index contributed by atoms with van der Waals surface area (Å²) < 4.78 is 13.7. The Morgan fingerprint density at radius 3 is 2.67 bits per heavy atom. The fraction of sp³-hybridized carbons (Fsp3) is 0.526. The van der Waals surface area contributed by atoms with E-state index in [4.69, 9.17) is 9.47 Å². The summed E-state index contributed by atoms with van der Waals surface area (Å²) in [7, 11) is 0. The first kappa shape index (κ1) is 34.2. The second-order valence-corrected chi connectivity index (χ2v) is 14.6. The van der Waals surface area contributed by atoms with Crippen LogP contribution in [0.25, 0.3) is 5.69 Å². The van der Waals surface area contributed by atoms with Gasteiger partial charge < -0.3 is 9.47 Å². The van der Waals surface area contributed by atoms with Crippen LogP contribution in [-0.4, -0.2) is 85.1 Å². The van der Waals surface area contributed by atoms with Crippen LogP contribution in [0, 0.1) is 18.8 Å². The Morgan fingerprint density at radius 2 is 1.98 bits per heavy atom. The number of benzene rings is 1. The molecule has 3 aromatic rings. The zero-order valence-electron chi connectivity index (χ0n) is 28.6. The van der Waals surface area contributed by atoms with Gasteiger partial charge in [-0.05, 0) is 102 Å². The minimum Gasteiger partial charge on any atom is -0.486 e. The Balaban J connectivity index is 0.993. The van der Waals surface area contributed by atoms with E-state index in [1.165, 1.54) is 25.7 Å². The highest BCUT2D eigenvalue weighted by molar-refractivity contribution is 7.99. The fourth-order valence-electron chi connectivity index (χ4n) is 6.92. The standard InChI is InChI=1S/C38H48N6O3S/c1-29(2)42-21-23-43(24-22-42)38(17-9-18-38)19-16-36(45)46-25-8-10-31-14-15-33(26-30(31)3)47-28-35-40-41-37(48-34-12-5-4-6-13-34)44(35)32-11-7-20-39-27-32/h5,7,11-12,14-15,20,26-27,29,34H,4,6,9,13,16-19,21-25,28H2,1-3H3. The maximum atomic E-state index is 12.6. The number of carbonyl (C=O) groups is 1. The van der Waals surface area contributed by atoms with E-state index >= 15 is 0 Å². The SMILES string of the molecule is Cc1cc(OCc2nnc(SC3C=CCCC3)n2-c2cccnc2)ccc1C#CCOC(=O)CCC1(N2CCN(C(C)C)CC2)CCC1. The molecule has 0 bridgehead atoms. The Morgan fingerprint density at radius 1 is 1.12 bits per heavy atom. The van der Waals surface area contributed by atoms with Crippen molar-refractivity contribution >= 4 is 17.7 Å². The fourth-order valence-corrected chi connectivity index (χ4v) is 8.07. The second kappa shape index (κ2) is 16.2. The molecule has 1 unspecified atom stereocenters. The van der Waals surface area contributed by atoms with Gasteiger partial charge in [0.05, 0.1) is 11.9 Å². The van der Waals surface area contributed by atoms with Gasteiger partial charge in [0.1, 0.15) is 12.4 Å². The molecule has 2 fully saturated rings. The number of hydrogen-bond donors (Lipinski definition) is 0. The van der Waals surface area contributed by atoms with Gasteiger partial charge in [0.15, 0.2) is 17.6 Å². The summed E-state index contributed by atoms with van der Waals surface area (Å²) in [6.07, 6.45) is 16.5. The van der Waals surface area contributed by atoms with Crippen molar-refractivity contribution in [1.29, 1.82) is 0 Å². The molecular weight excluding hydrogens is 621 g/mol. The average Bonchev–Trinajstić information content (AvgIpc) is 3.49. The Hall–Kier alpha value is -3.65. The van der Waals surface area contributed by atoms with E-state index in [2.05, 4.69) is 62.8 Å². The Labute approximate surface area is 289 Å². The third-order valence-electron chi connectivity index (χ3n) is 9.96. The molecule has 1 saturated carbocycles.